The number of hydrogen-bond donors (Lipinski definition) is 1. The van der Waals surface area contributed by atoms with Gasteiger partial charge in [0, 0.05) is 29.4 Å². The molecule has 18 heavy (non-hydrogen) atoms. The summed E-state index contributed by atoms with van der Waals surface area (Å²) < 4.78 is 0. The summed E-state index contributed by atoms with van der Waals surface area (Å²) in [5.74, 6) is 0. The number of nitrogens with one attached hydrogen (secondary N) is 1. The van der Waals surface area contributed by atoms with Crippen molar-refractivity contribution in [2.75, 3.05) is 0 Å². The predicted octanol–water partition coefficient (Wildman–Crippen LogP) is 3.64. The third kappa shape index (κ3) is 3.31. The second-order valence-electron chi connectivity index (χ2n) is 4.69. The number of aromatic nitrogens is 1. The second-order valence-corrected chi connectivity index (χ2v) is 6.07. The van der Waals surface area contributed by atoms with Crippen LogP contribution in [-0.2, 0) is 13.0 Å². The molecule has 4 heteroatoms. The standard InChI is InChI=1S/C14H15ClN2S/c15-11-3-1-2-10(6-11)7-14-17-13(9-18-14)8-16-12-4-5-12/h1-3,6,9,12,16H,4-5,7-8H2. The molecule has 1 fully saturated rings. The van der Waals surface area contributed by atoms with E-state index in [0.29, 0.717) is 0 Å². The molecule has 1 N–H and O–H groups in total. The lowest BCUT2D eigenvalue weighted by Gasteiger charge is -1.99. The van der Waals surface area contributed by atoms with Crippen molar-refractivity contribution in [2.24, 2.45) is 0 Å². The summed E-state index contributed by atoms with van der Waals surface area (Å²) in [6, 6.07) is 8.72. The van der Waals surface area contributed by atoms with Crippen LogP contribution in [0, 0.1) is 0 Å². The van der Waals surface area contributed by atoms with Gasteiger partial charge in [0.05, 0.1) is 10.7 Å². The average molecular weight is 279 g/mol. The van der Waals surface area contributed by atoms with E-state index < -0.39 is 0 Å². The van der Waals surface area contributed by atoms with E-state index in [0.717, 1.165) is 34.7 Å². The SMILES string of the molecule is Clc1cccc(Cc2nc(CNC3CC3)cs2)c1. The highest BCUT2D eigenvalue weighted by atomic mass is 35.5. The third-order valence-electron chi connectivity index (χ3n) is 2.99. The Morgan fingerprint density at radius 3 is 3.06 bits per heavy atom. The van der Waals surface area contributed by atoms with Gasteiger partial charge in [-0.2, -0.15) is 0 Å². The number of thiazole rings is 1. The maximum atomic E-state index is 5.98. The lowest BCUT2D eigenvalue weighted by molar-refractivity contribution is 0.676. The van der Waals surface area contributed by atoms with Crippen molar-refractivity contribution in [1.82, 2.24) is 10.3 Å². The molecule has 2 aromatic rings. The maximum Gasteiger partial charge on any atom is 0.0972 e. The molecule has 1 aliphatic carbocycles. The molecule has 1 aromatic carbocycles. The summed E-state index contributed by atoms with van der Waals surface area (Å²) in [5, 5.41) is 7.58. The van der Waals surface area contributed by atoms with Gasteiger partial charge in [-0.1, -0.05) is 23.7 Å². The van der Waals surface area contributed by atoms with Crippen molar-refractivity contribution in [3.63, 3.8) is 0 Å². The van der Waals surface area contributed by atoms with E-state index in [9.17, 15) is 0 Å². The summed E-state index contributed by atoms with van der Waals surface area (Å²) in [7, 11) is 0. The van der Waals surface area contributed by atoms with E-state index in [1.165, 1.54) is 18.4 Å². The van der Waals surface area contributed by atoms with E-state index in [-0.39, 0.29) is 0 Å². The van der Waals surface area contributed by atoms with E-state index in [2.05, 4.69) is 21.7 Å². The maximum absolute atomic E-state index is 5.98. The van der Waals surface area contributed by atoms with Gasteiger partial charge in [0.25, 0.3) is 0 Å². The molecule has 0 bridgehead atoms. The monoisotopic (exact) mass is 278 g/mol. The molecule has 1 saturated carbocycles. The fourth-order valence-corrected chi connectivity index (χ4v) is 2.91. The van der Waals surface area contributed by atoms with Crippen molar-refractivity contribution >= 4 is 22.9 Å². The molecule has 0 aliphatic heterocycles. The van der Waals surface area contributed by atoms with Gasteiger partial charge in [-0.25, -0.2) is 4.98 Å². The zero-order valence-corrected chi connectivity index (χ0v) is 11.6. The van der Waals surface area contributed by atoms with Crippen molar-refractivity contribution in [3.05, 3.63) is 50.9 Å². The molecule has 0 spiro atoms. The van der Waals surface area contributed by atoms with Crippen molar-refractivity contribution in [3.8, 4) is 0 Å². The molecule has 3 rings (SSSR count). The molecule has 1 heterocycles. The van der Waals surface area contributed by atoms with Gasteiger partial charge in [0.1, 0.15) is 0 Å². The number of halogens is 1. The Bertz CT molecular complexity index is 534. The first-order chi connectivity index (χ1) is 8.79. The van der Waals surface area contributed by atoms with E-state index >= 15 is 0 Å². The van der Waals surface area contributed by atoms with Crippen molar-refractivity contribution in [2.45, 2.75) is 31.8 Å². The minimum atomic E-state index is 0.739. The Morgan fingerprint density at radius 1 is 1.39 bits per heavy atom. The molecule has 0 unspecified atom stereocenters. The fourth-order valence-electron chi connectivity index (χ4n) is 1.87. The van der Waals surface area contributed by atoms with Crippen molar-refractivity contribution < 1.29 is 0 Å². The topological polar surface area (TPSA) is 24.9 Å². The van der Waals surface area contributed by atoms with Crippen LogP contribution in [0.15, 0.2) is 29.6 Å². The molecule has 94 valence electrons. The number of hydrogen-bond acceptors (Lipinski definition) is 3. The van der Waals surface area contributed by atoms with Gasteiger partial charge >= 0.3 is 0 Å². The first kappa shape index (κ1) is 12.2. The molecular weight excluding hydrogens is 264 g/mol. The van der Waals surface area contributed by atoms with Crippen molar-refractivity contribution in [1.29, 1.82) is 0 Å². The zero-order chi connectivity index (χ0) is 12.4. The van der Waals surface area contributed by atoms with E-state index in [1.807, 2.05) is 18.2 Å². The lowest BCUT2D eigenvalue weighted by Crippen LogP contribution is -2.15. The molecule has 2 nitrogen and oxygen atoms in total. The summed E-state index contributed by atoms with van der Waals surface area (Å²) in [6.45, 7) is 0.900. The number of benzene rings is 1. The Hall–Kier alpha value is -0.900. The normalized spacial score (nSPS) is 14.9. The summed E-state index contributed by atoms with van der Waals surface area (Å²) >= 11 is 7.71. The van der Waals surface area contributed by atoms with Gasteiger partial charge in [0.15, 0.2) is 0 Å². The second kappa shape index (κ2) is 5.39. The summed E-state index contributed by atoms with van der Waals surface area (Å²) in [4.78, 5) is 4.65. The summed E-state index contributed by atoms with van der Waals surface area (Å²) in [6.07, 6.45) is 3.51. The highest BCUT2D eigenvalue weighted by Gasteiger charge is 2.20. The Labute approximate surface area is 116 Å². The highest BCUT2D eigenvalue weighted by Crippen LogP contribution is 2.21. The fraction of sp³-hybridized carbons (Fsp3) is 0.357. The smallest absolute Gasteiger partial charge is 0.0972 e. The van der Waals surface area contributed by atoms with Crippen LogP contribution in [0.4, 0.5) is 0 Å². The van der Waals surface area contributed by atoms with Crippen LogP contribution in [0.5, 0.6) is 0 Å². The molecular formula is C14H15ClN2S. The summed E-state index contributed by atoms with van der Waals surface area (Å²) in [5.41, 5.74) is 2.38. The Kier molecular flexibility index (Phi) is 3.64. The number of rotatable bonds is 5. The van der Waals surface area contributed by atoms with Crippen LogP contribution in [-0.4, -0.2) is 11.0 Å². The van der Waals surface area contributed by atoms with Crippen LogP contribution in [0.1, 0.15) is 29.1 Å². The van der Waals surface area contributed by atoms with Gasteiger partial charge in [0.2, 0.25) is 0 Å². The average Bonchev–Trinajstić information content (AvgIpc) is 3.08. The molecule has 0 amide bonds. The first-order valence-corrected chi connectivity index (χ1v) is 7.46. The predicted molar refractivity (Wildman–Crippen MR) is 76.2 cm³/mol. The van der Waals surface area contributed by atoms with Gasteiger partial charge < -0.3 is 5.32 Å². The van der Waals surface area contributed by atoms with Gasteiger partial charge in [-0.05, 0) is 30.5 Å². The Balaban J connectivity index is 1.61. The number of nitrogens with zero attached hydrogens (tertiary/aromatic N) is 1. The largest absolute Gasteiger partial charge is 0.308 e. The molecule has 0 atom stereocenters. The first-order valence-electron chi connectivity index (χ1n) is 6.21. The third-order valence-corrected chi connectivity index (χ3v) is 4.13. The lowest BCUT2D eigenvalue weighted by atomic mass is 10.2. The minimum Gasteiger partial charge on any atom is -0.308 e. The van der Waals surface area contributed by atoms with E-state index in [1.54, 1.807) is 11.3 Å². The van der Waals surface area contributed by atoms with Gasteiger partial charge in [-0.3, -0.25) is 0 Å². The van der Waals surface area contributed by atoms with Gasteiger partial charge in [-0.15, -0.1) is 11.3 Å². The van der Waals surface area contributed by atoms with Crippen LogP contribution >= 0.6 is 22.9 Å². The molecule has 1 aromatic heterocycles. The Morgan fingerprint density at radius 2 is 2.28 bits per heavy atom. The molecule has 0 radical (unpaired) electrons. The highest BCUT2D eigenvalue weighted by molar-refractivity contribution is 7.09. The van der Waals surface area contributed by atoms with Crippen LogP contribution in [0.25, 0.3) is 0 Å². The van der Waals surface area contributed by atoms with Crippen LogP contribution in [0.3, 0.4) is 0 Å². The van der Waals surface area contributed by atoms with E-state index in [4.69, 9.17) is 11.6 Å². The minimum absolute atomic E-state index is 0.739. The molecule has 0 saturated heterocycles. The van der Waals surface area contributed by atoms with Crippen LogP contribution in [0.2, 0.25) is 5.02 Å². The zero-order valence-electron chi connectivity index (χ0n) is 10.0. The molecule has 1 aliphatic rings. The van der Waals surface area contributed by atoms with Crippen LogP contribution < -0.4 is 5.32 Å². The quantitative estimate of drug-likeness (QED) is 0.903.